The molecule has 1 N–H and O–H groups in total. The molecule has 1 unspecified atom stereocenters. The van der Waals surface area contributed by atoms with Crippen molar-refractivity contribution in [3.63, 3.8) is 0 Å². The van der Waals surface area contributed by atoms with Gasteiger partial charge in [-0.25, -0.2) is 0 Å². The molecule has 1 heterocycles. The molecule has 1 aliphatic rings. The van der Waals surface area contributed by atoms with Gasteiger partial charge in [-0.2, -0.15) is 0 Å². The number of benzene rings is 1. The number of piperidine rings is 1. The average molecular weight is 288 g/mol. The first-order valence-electron chi connectivity index (χ1n) is 8.52. The van der Waals surface area contributed by atoms with Gasteiger partial charge in [-0.05, 0) is 65.0 Å². The number of nitrogens with zero attached hydrogens (tertiary/aromatic N) is 1. The summed E-state index contributed by atoms with van der Waals surface area (Å²) in [7, 11) is 0. The fourth-order valence-corrected chi connectivity index (χ4v) is 3.24. The molecule has 2 heteroatoms. The Labute approximate surface area is 130 Å². The number of hydrogen-bond donors (Lipinski definition) is 1. The molecule has 1 fully saturated rings. The van der Waals surface area contributed by atoms with Gasteiger partial charge in [0.1, 0.15) is 0 Å². The third-order valence-electron chi connectivity index (χ3n) is 4.45. The normalized spacial score (nSPS) is 19.9. The lowest BCUT2D eigenvalue weighted by Crippen LogP contribution is -2.40. The molecule has 1 aliphatic heterocycles. The predicted molar refractivity (Wildman–Crippen MR) is 93.0 cm³/mol. The summed E-state index contributed by atoms with van der Waals surface area (Å²) in [5, 5.41) is 3.65. The van der Waals surface area contributed by atoms with Crippen molar-refractivity contribution in [2.24, 2.45) is 0 Å². The Morgan fingerprint density at radius 1 is 1.24 bits per heavy atom. The highest BCUT2D eigenvalue weighted by molar-refractivity contribution is 5.56. The Morgan fingerprint density at radius 2 is 2.00 bits per heavy atom. The topological polar surface area (TPSA) is 15.3 Å². The SMILES string of the molecule is CCC1CCCCN1c1ccc(C)cc1CNC(C)(C)C. The lowest BCUT2D eigenvalue weighted by Gasteiger charge is -2.38. The molecule has 0 aromatic heterocycles. The molecule has 0 spiro atoms. The summed E-state index contributed by atoms with van der Waals surface area (Å²) in [5.41, 5.74) is 4.41. The molecular formula is C19H32N2. The van der Waals surface area contributed by atoms with Crippen molar-refractivity contribution < 1.29 is 0 Å². The number of nitrogens with one attached hydrogen (secondary N) is 1. The van der Waals surface area contributed by atoms with Crippen molar-refractivity contribution in [1.82, 2.24) is 5.32 Å². The van der Waals surface area contributed by atoms with Gasteiger partial charge in [0.25, 0.3) is 0 Å². The molecule has 2 nitrogen and oxygen atoms in total. The van der Waals surface area contributed by atoms with Crippen LogP contribution in [-0.4, -0.2) is 18.1 Å². The van der Waals surface area contributed by atoms with Gasteiger partial charge in [-0.3, -0.25) is 0 Å². The molecule has 0 saturated carbocycles. The lowest BCUT2D eigenvalue weighted by atomic mass is 9.97. The Balaban J connectivity index is 2.25. The molecule has 0 bridgehead atoms. The minimum atomic E-state index is 0.160. The lowest BCUT2D eigenvalue weighted by molar-refractivity contribution is 0.420. The highest BCUT2D eigenvalue weighted by Gasteiger charge is 2.23. The summed E-state index contributed by atoms with van der Waals surface area (Å²) in [6.45, 7) is 13.4. The fourth-order valence-electron chi connectivity index (χ4n) is 3.24. The average Bonchev–Trinajstić information content (AvgIpc) is 2.44. The van der Waals surface area contributed by atoms with Crippen LogP contribution in [0.3, 0.4) is 0 Å². The van der Waals surface area contributed by atoms with E-state index in [2.05, 4.69) is 63.0 Å². The Kier molecular flexibility index (Phi) is 5.32. The number of hydrogen-bond acceptors (Lipinski definition) is 2. The van der Waals surface area contributed by atoms with E-state index in [1.807, 2.05) is 0 Å². The number of aryl methyl sites for hydroxylation is 1. The van der Waals surface area contributed by atoms with E-state index >= 15 is 0 Å². The number of anilines is 1. The molecule has 0 amide bonds. The van der Waals surface area contributed by atoms with Crippen molar-refractivity contribution >= 4 is 5.69 Å². The molecule has 1 atom stereocenters. The smallest absolute Gasteiger partial charge is 0.0414 e. The van der Waals surface area contributed by atoms with Crippen LogP contribution >= 0.6 is 0 Å². The fraction of sp³-hybridized carbons (Fsp3) is 0.684. The van der Waals surface area contributed by atoms with Crippen LogP contribution in [0, 0.1) is 6.92 Å². The minimum Gasteiger partial charge on any atom is -0.368 e. The van der Waals surface area contributed by atoms with Gasteiger partial charge >= 0.3 is 0 Å². The van der Waals surface area contributed by atoms with Gasteiger partial charge in [0, 0.05) is 30.4 Å². The van der Waals surface area contributed by atoms with Crippen molar-refractivity contribution in [3.05, 3.63) is 29.3 Å². The second-order valence-electron chi connectivity index (χ2n) is 7.49. The maximum atomic E-state index is 3.65. The summed E-state index contributed by atoms with van der Waals surface area (Å²) in [5.74, 6) is 0. The van der Waals surface area contributed by atoms with Crippen LogP contribution in [0.1, 0.15) is 64.5 Å². The van der Waals surface area contributed by atoms with Crippen LogP contribution in [0.4, 0.5) is 5.69 Å². The van der Waals surface area contributed by atoms with Gasteiger partial charge in [-0.1, -0.05) is 24.6 Å². The van der Waals surface area contributed by atoms with Crippen LogP contribution in [0.15, 0.2) is 18.2 Å². The van der Waals surface area contributed by atoms with E-state index in [-0.39, 0.29) is 5.54 Å². The van der Waals surface area contributed by atoms with Crippen LogP contribution in [0.2, 0.25) is 0 Å². The Bertz CT molecular complexity index is 459. The van der Waals surface area contributed by atoms with Crippen molar-refractivity contribution in [1.29, 1.82) is 0 Å². The van der Waals surface area contributed by atoms with Gasteiger partial charge < -0.3 is 10.2 Å². The van der Waals surface area contributed by atoms with E-state index in [1.54, 1.807) is 0 Å². The van der Waals surface area contributed by atoms with Crippen LogP contribution in [-0.2, 0) is 6.54 Å². The van der Waals surface area contributed by atoms with E-state index in [0.29, 0.717) is 0 Å². The van der Waals surface area contributed by atoms with E-state index in [4.69, 9.17) is 0 Å². The minimum absolute atomic E-state index is 0.160. The molecule has 1 aromatic rings. The zero-order chi connectivity index (χ0) is 15.5. The highest BCUT2D eigenvalue weighted by Crippen LogP contribution is 2.30. The summed E-state index contributed by atoms with van der Waals surface area (Å²) in [6, 6.07) is 7.67. The second-order valence-corrected chi connectivity index (χ2v) is 7.49. The molecule has 1 saturated heterocycles. The maximum Gasteiger partial charge on any atom is 0.0414 e. The van der Waals surface area contributed by atoms with Crippen molar-refractivity contribution in [2.45, 2.75) is 78.4 Å². The first-order chi connectivity index (χ1) is 9.90. The summed E-state index contributed by atoms with van der Waals surface area (Å²) >= 11 is 0. The zero-order valence-electron chi connectivity index (χ0n) is 14.5. The Morgan fingerprint density at radius 3 is 2.67 bits per heavy atom. The third kappa shape index (κ3) is 4.47. The summed E-state index contributed by atoms with van der Waals surface area (Å²) in [6.07, 6.45) is 5.31. The second kappa shape index (κ2) is 6.83. The third-order valence-corrected chi connectivity index (χ3v) is 4.45. The molecule has 2 rings (SSSR count). The quantitative estimate of drug-likeness (QED) is 0.867. The van der Waals surface area contributed by atoms with Gasteiger partial charge in [-0.15, -0.1) is 0 Å². The van der Waals surface area contributed by atoms with Crippen molar-refractivity contribution in [2.75, 3.05) is 11.4 Å². The molecule has 1 aromatic carbocycles. The highest BCUT2D eigenvalue weighted by atomic mass is 15.2. The van der Waals surface area contributed by atoms with E-state index in [9.17, 15) is 0 Å². The van der Waals surface area contributed by atoms with Gasteiger partial charge in [0.2, 0.25) is 0 Å². The summed E-state index contributed by atoms with van der Waals surface area (Å²) < 4.78 is 0. The standard InChI is InChI=1S/C19H32N2/c1-6-17-9-7-8-12-21(17)18-11-10-15(2)13-16(18)14-20-19(3,4)5/h10-11,13,17,20H,6-9,12,14H2,1-5H3. The summed E-state index contributed by atoms with van der Waals surface area (Å²) in [4.78, 5) is 2.66. The molecule has 21 heavy (non-hydrogen) atoms. The molecule has 0 radical (unpaired) electrons. The zero-order valence-corrected chi connectivity index (χ0v) is 14.5. The molecule has 118 valence electrons. The first-order valence-corrected chi connectivity index (χ1v) is 8.52. The molecular weight excluding hydrogens is 256 g/mol. The van der Waals surface area contributed by atoms with E-state index in [1.165, 1.54) is 49.0 Å². The van der Waals surface area contributed by atoms with Gasteiger partial charge in [0.05, 0.1) is 0 Å². The molecule has 0 aliphatic carbocycles. The van der Waals surface area contributed by atoms with E-state index in [0.717, 1.165) is 12.6 Å². The monoisotopic (exact) mass is 288 g/mol. The van der Waals surface area contributed by atoms with Crippen LogP contribution in [0.25, 0.3) is 0 Å². The largest absolute Gasteiger partial charge is 0.368 e. The predicted octanol–water partition coefficient (Wildman–Crippen LogP) is 4.65. The Hall–Kier alpha value is -1.02. The van der Waals surface area contributed by atoms with Crippen molar-refractivity contribution in [3.8, 4) is 0 Å². The van der Waals surface area contributed by atoms with Crippen LogP contribution < -0.4 is 10.2 Å². The maximum absolute atomic E-state index is 3.65. The number of rotatable bonds is 4. The van der Waals surface area contributed by atoms with Crippen LogP contribution in [0.5, 0.6) is 0 Å². The van der Waals surface area contributed by atoms with Gasteiger partial charge in [0.15, 0.2) is 0 Å². The van der Waals surface area contributed by atoms with E-state index < -0.39 is 0 Å². The first kappa shape index (κ1) is 16.4.